The normalized spacial score (nSPS) is 10.9. The number of aromatic nitrogens is 1. The molecule has 8 heteroatoms. The van der Waals surface area contributed by atoms with Crippen LogP contribution < -0.4 is 10.1 Å². The van der Waals surface area contributed by atoms with Gasteiger partial charge in [0.15, 0.2) is 5.76 Å². The van der Waals surface area contributed by atoms with Crippen molar-refractivity contribution in [3.8, 4) is 28.5 Å². The van der Waals surface area contributed by atoms with E-state index in [0.717, 1.165) is 33.7 Å². The molecule has 41 heavy (non-hydrogen) atoms. The van der Waals surface area contributed by atoms with Gasteiger partial charge in [0.2, 0.25) is 5.89 Å². The lowest BCUT2D eigenvalue weighted by Crippen LogP contribution is -2.23. The first-order valence-electron chi connectivity index (χ1n) is 13.4. The number of carboxylic acid groups (broad SMARTS) is 1. The highest BCUT2D eigenvalue weighted by atomic mass is 16.5. The van der Waals surface area contributed by atoms with Crippen molar-refractivity contribution in [1.82, 2.24) is 10.3 Å². The molecule has 5 rings (SSSR count). The molecule has 0 saturated heterocycles. The maximum absolute atomic E-state index is 12.8. The van der Waals surface area contributed by atoms with Crippen LogP contribution in [-0.4, -0.2) is 28.6 Å². The molecule has 0 bridgehead atoms. The van der Waals surface area contributed by atoms with Crippen molar-refractivity contribution in [2.75, 3.05) is 6.61 Å². The summed E-state index contributed by atoms with van der Waals surface area (Å²) in [6.45, 7) is 2.44. The highest BCUT2D eigenvalue weighted by Gasteiger charge is 2.15. The first-order valence-corrected chi connectivity index (χ1v) is 13.4. The molecule has 0 fully saturated rings. The second-order valence-corrected chi connectivity index (χ2v) is 9.52. The molecule has 0 atom stereocenters. The van der Waals surface area contributed by atoms with Crippen LogP contribution in [-0.2, 0) is 24.2 Å². The van der Waals surface area contributed by atoms with Gasteiger partial charge in [-0.05, 0) is 60.9 Å². The van der Waals surface area contributed by atoms with Crippen LogP contribution in [0.3, 0.4) is 0 Å². The van der Waals surface area contributed by atoms with E-state index in [1.807, 2.05) is 85.8 Å². The Morgan fingerprint density at radius 1 is 0.854 bits per heavy atom. The number of carbonyl (C=O) groups excluding carboxylic acids is 1. The summed E-state index contributed by atoms with van der Waals surface area (Å²) in [5.74, 6) is 1.48. The number of amides is 1. The maximum Gasteiger partial charge on any atom is 0.303 e. The second-order valence-electron chi connectivity index (χ2n) is 9.52. The van der Waals surface area contributed by atoms with Crippen molar-refractivity contribution < 1.29 is 28.3 Å². The monoisotopic (exact) mass is 550 g/mol. The average Bonchev–Trinajstić information content (AvgIpc) is 3.64. The van der Waals surface area contributed by atoms with Crippen LogP contribution in [0.25, 0.3) is 22.8 Å². The Kier molecular flexibility index (Phi) is 8.59. The molecule has 0 aliphatic heterocycles. The number of aliphatic carboxylic acids is 1. The van der Waals surface area contributed by atoms with Gasteiger partial charge in [-0.3, -0.25) is 9.59 Å². The van der Waals surface area contributed by atoms with Gasteiger partial charge in [0.1, 0.15) is 17.3 Å². The molecule has 0 saturated carbocycles. The van der Waals surface area contributed by atoms with Gasteiger partial charge in [-0.15, -0.1) is 0 Å². The summed E-state index contributed by atoms with van der Waals surface area (Å²) in [6.07, 6.45) is 0.867. The number of hydrogen-bond acceptors (Lipinski definition) is 6. The molecule has 8 nitrogen and oxygen atoms in total. The third-order valence-electron chi connectivity index (χ3n) is 6.63. The summed E-state index contributed by atoms with van der Waals surface area (Å²) < 4.78 is 17.6. The molecule has 0 spiro atoms. The van der Waals surface area contributed by atoms with Gasteiger partial charge < -0.3 is 24.0 Å². The van der Waals surface area contributed by atoms with E-state index in [2.05, 4.69) is 10.3 Å². The number of nitrogens with one attached hydrogen (secondary N) is 1. The lowest BCUT2D eigenvalue weighted by molar-refractivity contribution is -0.136. The maximum atomic E-state index is 12.8. The summed E-state index contributed by atoms with van der Waals surface area (Å²) in [4.78, 5) is 28.7. The molecule has 3 aromatic carbocycles. The average molecular weight is 551 g/mol. The van der Waals surface area contributed by atoms with Gasteiger partial charge in [-0.1, -0.05) is 54.6 Å². The van der Waals surface area contributed by atoms with E-state index >= 15 is 0 Å². The molecule has 2 N–H and O–H groups in total. The van der Waals surface area contributed by atoms with Crippen LogP contribution in [0.15, 0.2) is 99.8 Å². The van der Waals surface area contributed by atoms with Crippen molar-refractivity contribution in [2.24, 2.45) is 0 Å². The van der Waals surface area contributed by atoms with Gasteiger partial charge in [-0.2, -0.15) is 0 Å². The van der Waals surface area contributed by atoms with E-state index in [-0.39, 0.29) is 24.6 Å². The minimum atomic E-state index is -0.887. The second kappa shape index (κ2) is 12.8. The van der Waals surface area contributed by atoms with Gasteiger partial charge in [-0.25, -0.2) is 4.98 Å². The number of carboxylic acids is 1. The Morgan fingerprint density at radius 2 is 1.59 bits per heavy atom. The predicted molar refractivity (Wildman–Crippen MR) is 154 cm³/mol. The molecule has 0 radical (unpaired) electrons. The largest absolute Gasteiger partial charge is 0.493 e. The first kappa shape index (κ1) is 27.5. The molecule has 0 aliphatic rings. The Bertz CT molecular complexity index is 1620. The van der Waals surface area contributed by atoms with Crippen LogP contribution in [0.2, 0.25) is 0 Å². The minimum absolute atomic E-state index is 0.0189. The number of nitrogens with zero attached hydrogens (tertiary/aromatic N) is 1. The summed E-state index contributed by atoms with van der Waals surface area (Å²) >= 11 is 0. The fraction of sp³-hybridized carbons (Fsp3) is 0.182. The Morgan fingerprint density at radius 3 is 2.32 bits per heavy atom. The van der Waals surface area contributed by atoms with Crippen LogP contribution in [0.1, 0.15) is 39.6 Å². The highest BCUT2D eigenvalue weighted by Crippen LogP contribution is 2.24. The molecular formula is C33H30N2O6. The van der Waals surface area contributed by atoms with Crippen LogP contribution in [0, 0.1) is 6.92 Å². The fourth-order valence-electron chi connectivity index (χ4n) is 4.45. The molecule has 0 unspecified atom stereocenters. The SMILES string of the molecule is Cc1oc(-c2ccccc2)nc1CCOc1ccc(CCC(=O)O)c(CNC(=O)c2ccc(-c3ccccc3)o2)c1. The van der Waals surface area contributed by atoms with Gasteiger partial charge >= 0.3 is 5.97 Å². The van der Waals surface area contributed by atoms with Crippen LogP contribution >= 0.6 is 0 Å². The number of aryl methyl sites for hydroxylation is 2. The number of benzene rings is 3. The van der Waals surface area contributed by atoms with E-state index < -0.39 is 5.97 Å². The zero-order valence-electron chi connectivity index (χ0n) is 22.6. The number of rotatable bonds is 12. The Balaban J connectivity index is 1.23. The summed E-state index contributed by atoms with van der Waals surface area (Å²) in [6, 6.07) is 28.1. The Hall–Kier alpha value is -5.11. The summed E-state index contributed by atoms with van der Waals surface area (Å²) in [5.41, 5.74) is 4.21. The van der Waals surface area contributed by atoms with Crippen LogP contribution in [0.4, 0.5) is 0 Å². The topological polar surface area (TPSA) is 115 Å². The summed E-state index contributed by atoms with van der Waals surface area (Å²) in [7, 11) is 0. The van der Waals surface area contributed by atoms with E-state index in [0.29, 0.717) is 36.8 Å². The molecule has 0 aliphatic carbocycles. The standard InChI is InChI=1S/C33H30N2O6/c1-22-28(35-33(40-22)25-10-6-3-7-11-25)18-19-39-27-14-12-23(13-17-31(36)37)26(20-27)21-34-32(38)30-16-15-29(41-30)24-8-4-2-5-9-24/h2-12,14-16,20H,13,17-19,21H2,1H3,(H,34,38)(H,36,37). The zero-order chi connectivity index (χ0) is 28.6. The van der Waals surface area contributed by atoms with E-state index in [1.54, 1.807) is 12.1 Å². The van der Waals surface area contributed by atoms with Gasteiger partial charge in [0.25, 0.3) is 5.91 Å². The quantitative estimate of drug-likeness (QED) is 0.183. The minimum Gasteiger partial charge on any atom is -0.493 e. The molecule has 208 valence electrons. The van der Waals surface area contributed by atoms with Crippen LogP contribution in [0.5, 0.6) is 5.75 Å². The van der Waals surface area contributed by atoms with Gasteiger partial charge in [0, 0.05) is 30.5 Å². The van der Waals surface area contributed by atoms with Crippen molar-refractivity contribution in [2.45, 2.75) is 32.7 Å². The molecule has 1 amide bonds. The number of furan rings is 1. The first-order chi connectivity index (χ1) is 20.0. The highest BCUT2D eigenvalue weighted by molar-refractivity contribution is 5.92. The van der Waals surface area contributed by atoms with Crippen molar-refractivity contribution in [3.63, 3.8) is 0 Å². The molecule has 2 aromatic heterocycles. The molecular weight excluding hydrogens is 520 g/mol. The number of ether oxygens (including phenoxy) is 1. The Labute approximate surface area is 237 Å². The molecule has 2 heterocycles. The number of carbonyl (C=O) groups is 2. The van der Waals surface area contributed by atoms with Crippen molar-refractivity contribution in [1.29, 1.82) is 0 Å². The molecule has 5 aromatic rings. The lowest BCUT2D eigenvalue weighted by Gasteiger charge is -2.13. The third kappa shape index (κ3) is 7.10. The van der Waals surface area contributed by atoms with Gasteiger partial charge in [0.05, 0.1) is 12.3 Å². The van der Waals surface area contributed by atoms with E-state index in [4.69, 9.17) is 13.6 Å². The van der Waals surface area contributed by atoms with E-state index in [9.17, 15) is 14.7 Å². The predicted octanol–water partition coefficient (Wildman–Crippen LogP) is 6.48. The smallest absolute Gasteiger partial charge is 0.303 e. The van der Waals surface area contributed by atoms with Crippen molar-refractivity contribution in [3.05, 3.63) is 119 Å². The summed E-state index contributed by atoms with van der Waals surface area (Å²) in [5, 5.41) is 12.1. The zero-order valence-corrected chi connectivity index (χ0v) is 22.6. The van der Waals surface area contributed by atoms with E-state index in [1.165, 1.54) is 0 Å². The third-order valence-corrected chi connectivity index (χ3v) is 6.63. The number of hydrogen-bond donors (Lipinski definition) is 2. The van der Waals surface area contributed by atoms with Crippen molar-refractivity contribution >= 4 is 11.9 Å². The number of oxazole rings is 1. The lowest BCUT2D eigenvalue weighted by atomic mass is 10.0. The fourth-order valence-corrected chi connectivity index (χ4v) is 4.45.